The van der Waals surface area contributed by atoms with Crippen molar-refractivity contribution in [2.24, 2.45) is 5.92 Å². The number of nitrogens with one attached hydrogen (secondary N) is 3. The lowest BCUT2D eigenvalue weighted by molar-refractivity contribution is -0.143. The van der Waals surface area contributed by atoms with Crippen molar-refractivity contribution in [1.29, 1.82) is 0 Å². The van der Waals surface area contributed by atoms with Crippen molar-refractivity contribution in [3.8, 4) is 11.1 Å². The normalized spacial score (nSPS) is 20.5. The summed E-state index contributed by atoms with van der Waals surface area (Å²) in [6.07, 6.45) is -0.568. The number of hydrogen-bond acceptors (Lipinski definition) is 5. The smallest absolute Gasteiger partial charge is 0.408 e. The first-order chi connectivity index (χ1) is 16.2. The second-order valence-electron chi connectivity index (χ2n) is 8.78. The van der Waals surface area contributed by atoms with Gasteiger partial charge >= 0.3 is 12.1 Å². The van der Waals surface area contributed by atoms with Gasteiger partial charge in [-0.2, -0.15) is 0 Å². The first-order valence-corrected chi connectivity index (χ1v) is 11.2. The quantitative estimate of drug-likeness (QED) is 0.494. The van der Waals surface area contributed by atoms with Crippen LogP contribution in [0, 0.1) is 5.92 Å². The van der Waals surface area contributed by atoms with Crippen molar-refractivity contribution in [2.75, 3.05) is 13.2 Å². The largest absolute Gasteiger partial charge is 0.481 e. The van der Waals surface area contributed by atoms with Gasteiger partial charge in [-0.3, -0.25) is 14.4 Å². The number of alkyl carbamates (subject to hydrolysis) is 1. The summed E-state index contributed by atoms with van der Waals surface area (Å²) in [5, 5.41) is 16.8. The van der Waals surface area contributed by atoms with Crippen molar-refractivity contribution in [3.63, 3.8) is 0 Å². The number of benzene rings is 2. The lowest BCUT2D eigenvalue weighted by Crippen LogP contribution is -2.60. The zero-order chi connectivity index (χ0) is 24.5. The molecule has 2 aromatic rings. The van der Waals surface area contributed by atoms with Crippen LogP contribution >= 0.6 is 0 Å². The molecule has 1 aliphatic heterocycles. The highest BCUT2D eigenvalue weighted by molar-refractivity contribution is 5.97. The predicted octanol–water partition coefficient (Wildman–Crippen LogP) is 2.01. The highest BCUT2D eigenvalue weighted by atomic mass is 16.5. The first kappa shape index (κ1) is 23.3. The van der Waals surface area contributed by atoms with Crippen LogP contribution in [0.15, 0.2) is 48.5 Å². The van der Waals surface area contributed by atoms with Gasteiger partial charge < -0.3 is 25.8 Å². The topological polar surface area (TPSA) is 134 Å². The van der Waals surface area contributed by atoms with Crippen LogP contribution in [-0.4, -0.2) is 53.7 Å². The summed E-state index contributed by atoms with van der Waals surface area (Å²) < 4.78 is 5.53. The number of fused-ring (bicyclic) bond motifs is 3. The minimum absolute atomic E-state index is 0.0677. The summed E-state index contributed by atoms with van der Waals surface area (Å²) in [7, 11) is 0. The number of ether oxygens (including phenoxy) is 1. The Hall–Kier alpha value is -3.88. The maximum Gasteiger partial charge on any atom is 0.408 e. The van der Waals surface area contributed by atoms with E-state index >= 15 is 0 Å². The Labute approximate surface area is 196 Å². The second kappa shape index (κ2) is 9.17. The summed E-state index contributed by atoms with van der Waals surface area (Å²) in [6, 6.07) is 14.7. The van der Waals surface area contributed by atoms with Crippen LogP contribution in [0.2, 0.25) is 0 Å². The third kappa shape index (κ3) is 4.21. The highest BCUT2D eigenvalue weighted by Gasteiger charge is 2.44. The number of carbonyl (C=O) groups excluding carboxylic acids is 3. The molecule has 178 valence electrons. The number of amides is 3. The van der Waals surface area contributed by atoms with Gasteiger partial charge in [0.1, 0.15) is 24.1 Å². The van der Waals surface area contributed by atoms with E-state index in [0.717, 1.165) is 22.3 Å². The molecule has 1 fully saturated rings. The molecule has 3 unspecified atom stereocenters. The van der Waals surface area contributed by atoms with E-state index in [4.69, 9.17) is 4.74 Å². The first-order valence-electron chi connectivity index (χ1n) is 11.2. The molecule has 3 amide bonds. The molecular formula is C25H27N3O6. The molecule has 0 bridgehead atoms. The van der Waals surface area contributed by atoms with Crippen molar-refractivity contribution in [3.05, 3.63) is 59.7 Å². The number of rotatable bonds is 7. The summed E-state index contributed by atoms with van der Waals surface area (Å²) in [6.45, 7) is 3.23. The number of carboxylic acids is 1. The zero-order valence-corrected chi connectivity index (χ0v) is 19.0. The van der Waals surface area contributed by atoms with Crippen LogP contribution in [0.25, 0.3) is 11.1 Å². The van der Waals surface area contributed by atoms with Crippen molar-refractivity contribution in [1.82, 2.24) is 16.0 Å². The molecule has 4 N–H and O–H groups in total. The number of hydrogen-bond donors (Lipinski definition) is 4. The average molecular weight is 466 g/mol. The molecule has 9 nitrogen and oxygen atoms in total. The van der Waals surface area contributed by atoms with E-state index in [-0.39, 0.29) is 25.5 Å². The number of carbonyl (C=O) groups is 4. The predicted molar refractivity (Wildman–Crippen MR) is 123 cm³/mol. The molecule has 0 saturated carbocycles. The van der Waals surface area contributed by atoms with Crippen molar-refractivity contribution < 1.29 is 29.0 Å². The monoisotopic (exact) mass is 465 g/mol. The third-order valence-corrected chi connectivity index (χ3v) is 6.71. The van der Waals surface area contributed by atoms with E-state index in [1.165, 1.54) is 6.92 Å². The van der Waals surface area contributed by atoms with E-state index in [2.05, 4.69) is 16.0 Å². The number of carboxylic acid groups (broad SMARTS) is 1. The van der Waals surface area contributed by atoms with E-state index in [0.29, 0.717) is 0 Å². The van der Waals surface area contributed by atoms with Crippen LogP contribution in [0.3, 0.4) is 0 Å². The SMILES string of the molecule is CCC(C)(NC(=O)OCC1c2ccccc2-c2ccccc21)C(=O)NC1C(=O)NCC1C(=O)O. The Bertz CT molecular complexity index is 1100. The van der Waals surface area contributed by atoms with Gasteiger partial charge in [-0.05, 0) is 35.6 Å². The lowest BCUT2D eigenvalue weighted by atomic mass is 9.95. The van der Waals surface area contributed by atoms with Gasteiger partial charge in [-0.15, -0.1) is 0 Å². The van der Waals surface area contributed by atoms with Gasteiger partial charge in [0.15, 0.2) is 0 Å². The van der Waals surface area contributed by atoms with Gasteiger partial charge in [0, 0.05) is 12.5 Å². The summed E-state index contributed by atoms with van der Waals surface area (Å²) in [5.41, 5.74) is 2.95. The zero-order valence-electron chi connectivity index (χ0n) is 19.0. The van der Waals surface area contributed by atoms with Crippen molar-refractivity contribution >= 4 is 23.9 Å². The molecule has 2 aliphatic rings. The summed E-state index contributed by atoms with van der Waals surface area (Å²) in [4.78, 5) is 49.0. The summed E-state index contributed by atoms with van der Waals surface area (Å²) in [5.74, 6) is -3.62. The Balaban J connectivity index is 1.42. The van der Waals surface area contributed by atoms with E-state index in [1.807, 2.05) is 48.5 Å². The van der Waals surface area contributed by atoms with Crippen LogP contribution in [0.5, 0.6) is 0 Å². The fourth-order valence-corrected chi connectivity index (χ4v) is 4.48. The lowest BCUT2D eigenvalue weighted by Gasteiger charge is -2.30. The molecule has 2 aromatic carbocycles. The second-order valence-corrected chi connectivity index (χ2v) is 8.78. The van der Waals surface area contributed by atoms with Gasteiger partial charge in [0.25, 0.3) is 0 Å². The summed E-state index contributed by atoms with van der Waals surface area (Å²) >= 11 is 0. The highest BCUT2D eigenvalue weighted by Crippen LogP contribution is 2.44. The fraction of sp³-hybridized carbons (Fsp3) is 0.360. The van der Waals surface area contributed by atoms with Gasteiger partial charge in [0.2, 0.25) is 11.8 Å². The molecule has 0 radical (unpaired) electrons. The molecule has 1 aliphatic carbocycles. The molecule has 3 atom stereocenters. The molecular weight excluding hydrogens is 438 g/mol. The standard InChI is InChI=1S/C25H27N3O6/c1-3-25(2,23(32)27-20-18(22(30)31)12-26-21(20)29)28-24(33)34-13-19-16-10-6-4-8-14(16)15-9-5-7-11-17(15)19/h4-11,18-20H,3,12-13H2,1-2H3,(H,26,29)(H,27,32)(H,28,33)(H,30,31). The molecule has 9 heteroatoms. The molecule has 1 saturated heterocycles. The minimum atomic E-state index is -1.39. The Morgan fingerprint density at radius 3 is 2.24 bits per heavy atom. The van der Waals surface area contributed by atoms with E-state index in [1.54, 1.807) is 6.92 Å². The average Bonchev–Trinajstić information content (AvgIpc) is 3.35. The third-order valence-electron chi connectivity index (χ3n) is 6.71. The van der Waals surface area contributed by atoms with E-state index in [9.17, 15) is 24.3 Å². The Kier molecular flexibility index (Phi) is 6.28. The molecule has 0 spiro atoms. The molecule has 0 aromatic heterocycles. The fourth-order valence-electron chi connectivity index (χ4n) is 4.48. The van der Waals surface area contributed by atoms with Gasteiger partial charge in [0.05, 0.1) is 0 Å². The molecule has 4 rings (SSSR count). The van der Waals surface area contributed by atoms with Crippen LogP contribution in [0.1, 0.15) is 37.3 Å². The maximum absolute atomic E-state index is 12.9. The van der Waals surface area contributed by atoms with Gasteiger partial charge in [-0.1, -0.05) is 55.5 Å². The van der Waals surface area contributed by atoms with E-state index < -0.39 is 41.4 Å². The van der Waals surface area contributed by atoms with Crippen LogP contribution in [0.4, 0.5) is 4.79 Å². The maximum atomic E-state index is 12.9. The Morgan fingerprint density at radius 2 is 1.68 bits per heavy atom. The van der Waals surface area contributed by atoms with Crippen LogP contribution in [-0.2, 0) is 19.1 Å². The molecule has 34 heavy (non-hydrogen) atoms. The molecule has 1 heterocycles. The van der Waals surface area contributed by atoms with Crippen molar-refractivity contribution in [2.45, 2.75) is 37.8 Å². The minimum Gasteiger partial charge on any atom is -0.481 e. The van der Waals surface area contributed by atoms with Crippen LogP contribution < -0.4 is 16.0 Å². The Morgan fingerprint density at radius 1 is 1.09 bits per heavy atom. The van der Waals surface area contributed by atoms with Gasteiger partial charge in [-0.25, -0.2) is 4.79 Å². The number of aliphatic carboxylic acids is 1.